The number of hydrogen-bond donors (Lipinski definition) is 1. The molecule has 0 aliphatic rings. The van der Waals surface area contributed by atoms with Crippen molar-refractivity contribution in [2.24, 2.45) is 0 Å². The van der Waals surface area contributed by atoms with E-state index >= 15 is 0 Å². The van der Waals surface area contributed by atoms with E-state index in [4.69, 9.17) is 10.5 Å². The van der Waals surface area contributed by atoms with Gasteiger partial charge in [0, 0.05) is 23.3 Å². The van der Waals surface area contributed by atoms with Crippen molar-refractivity contribution in [1.29, 1.82) is 5.26 Å². The number of nitriles is 1. The number of non-ortho nitro benzene ring substituents is 1. The summed E-state index contributed by atoms with van der Waals surface area (Å²) in [4.78, 5) is 14.7. The van der Waals surface area contributed by atoms with Gasteiger partial charge in [0.1, 0.15) is 23.2 Å². The van der Waals surface area contributed by atoms with Gasteiger partial charge < -0.3 is 10.5 Å². The van der Waals surface area contributed by atoms with Gasteiger partial charge in [-0.25, -0.2) is 4.98 Å². The third kappa shape index (κ3) is 3.03. The van der Waals surface area contributed by atoms with Crippen LogP contribution < -0.4 is 10.5 Å². The highest BCUT2D eigenvalue weighted by molar-refractivity contribution is 5.81. The fraction of sp³-hybridized carbons (Fsp3) is 0.0526. The van der Waals surface area contributed by atoms with Crippen LogP contribution in [0.4, 0.5) is 11.5 Å². The predicted molar refractivity (Wildman–Crippen MR) is 97.4 cm³/mol. The maximum Gasteiger partial charge on any atom is 0.269 e. The molecule has 1 heterocycles. The number of nitrogens with zero attached hydrogens (tertiary/aromatic N) is 3. The van der Waals surface area contributed by atoms with Gasteiger partial charge in [-0.2, -0.15) is 5.26 Å². The first-order chi connectivity index (χ1) is 12.5. The van der Waals surface area contributed by atoms with Crippen molar-refractivity contribution in [2.45, 2.75) is 0 Å². The highest BCUT2D eigenvalue weighted by Crippen LogP contribution is 2.35. The van der Waals surface area contributed by atoms with Crippen LogP contribution in [-0.2, 0) is 0 Å². The molecule has 0 aliphatic carbocycles. The van der Waals surface area contributed by atoms with Gasteiger partial charge in [-0.15, -0.1) is 0 Å². The van der Waals surface area contributed by atoms with E-state index in [-0.39, 0.29) is 17.1 Å². The number of nitrogens with two attached hydrogens (primary N) is 1. The minimum atomic E-state index is -0.476. The predicted octanol–water partition coefficient (Wildman–Crippen LogP) is 3.79. The van der Waals surface area contributed by atoms with Gasteiger partial charge >= 0.3 is 0 Å². The van der Waals surface area contributed by atoms with E-state index in [1.165, 1.54) is 12.1 Å². The Morgan fingerprint density at radius 1 is 1.15 bits per heavy atom. The summed E-state index contributed by atoms with van der Waals surface area (Å²) in [6.45, 7) is 0. The number of anilines is 1. The van der Waals surface area contributed by atoms with Crippen molar-refractivity contribution in [2.75, 3.05) is 12.8 Å². The number of methoxy groups -OCH3 is 1. The molecule has 0 radical (unpaired) electrons. The fourth-order valence-corrected chi connectivity index (χ4v) is 2.67. The fourth-order valence-electron chi connectivity index (χ4n) is 2.67. The number of nitrogen functional groups attached to an aromatic ring is 1. The molecular weight excluding hydrogens is 332 g/mol. The molecule has 0 atom stereocenters. The molecule has 0 fully saturated rings. The zero-order chi connectivity index (χ0) is 18.7. The first kappa shape index (κ1) is 16.9. The van der Waals surface area contributed by atoms with E-state index in [2.05, 4.69) is 11.1 Å². The van der Waals surface area contributed by atoms with Gasteiger partial charge in [-0.1, -0.05) is 12.1 Å². The second-order valence-electron chi connectivity index (χ2n) is 5.43. The molecule has 7 heteroatoms. The largest absolute Gasteiger partial charge is 0.496 e. The summed E-state index contributed by atoms with van der Waals surface area (Å²) in [6, 6.07) is 17.0. The Morgan fingerprint density at radius 2 is 1.85 bits per heavy atom. The maximum absolute atomic E-state index is 10.8. The second kappa shape index (κ2) is 6.91. The van der Waals surface area contributed by atoms with Gasteiger partial charge in [0.15, 0.2) is 0 Å². The molecule has 3 aromatic rings. The number of nitro benzene ring substituents is 1. The van der Waals surface area contributed by atoms with Gasteiger partial charge in [-0.3, -0.25) is 10.1 Å². The SMILES string of the molecule is COc1ccccc1-c1cc(-c2ccc([N+](=O)[O-])cc2)c(C#N)c(N)n1. The molecule has 7 nitrogen and oxygen atoms in total. The summed E-state index contributed by atoms with van der Waals surface area (Å²) in [5.41, 5.74) is 8.65. The van der Waals surface area contributed by atoms with E-state index in [1.54, 1.807) is 31.4 Å². The van der Waals surface area contributed by atoms with Crippen molar-refractivity contribution in [3.05, 3.63) is 70.3 Å². The summed E-state index contributed by atoms with van der Waals surface area (Å²) in [6.07, 6.45) is 0. The van der Waals surface area contributed by atoms with Crippen LogP contribution >= 0.6 is 0 Å². The number of benzene rings is 2. The number of nitro groups is 1. The van der Waals surface area contributed by atoms with Gasteiger partial charge in [0.2, 0.25) is 0 Å². The van der Waals surface area contributed by atoms with Crippen LogP contribution in [0.25, 0.3) is 22.4 Å². The summed E-state index contributed by atoms with van der Waals surface area (Å²) < 4.78 is 5.36. The monoisotopic (exact) mass is 346 g/mol. The van der Waals surface area contributed by atoms with Crippen LogP contribution in [0.15, 0.2) is 54.6 Å². The van der Waals surface area contributed by atoms with Crippen molar-refractivity contribution in [3.8, 4) is 34.2 Å². The van der Waals surface area contributed by atoms with E-state index < -0.39 is 4.92 Å². The van der Waals surface area contributed by atoms with E-state index in [9.17, 15) is 15.4 Å². The van der Waals surface area contributed by atoms with Crippen LogP contribution in [0.5, 0.6) is 5.75 Å². The number of para-hydroxylation sites is 1. The molecule has 0 saturated heterocycles. The molecule has 0 spiro atoms. The summed E-state index contributed by atoms with van der Waals surface area (Å²) in [5.74, 6) is 0.711. The molecule has 2 N–H and O–H groups in total. The molecule has 0 saturated carbocycles. The lowest BCUT2D eigenvalue weighted by Crippen LogP contribution is -2.00. The number of ether oxygens (including phenoxy) is 1. The third-order valence-electron chi connectivity index (χ3n) is 3.93. The zero-order valence-corrected chi connectivity index (χ0v) is 13.8. The summed E-state index contributed by atoms with van der Waals surface area (Å²) in [7, 11) is 1.56. The van der Waals surface area contributed by atoms with Gasteiger partial charge in [0.05, 0.1) is 17.7 Å². The molecule has 128 valence electrons. The topological polar surface area (TPSA) is 115 Å². The Labute approximate surface area is 149 Å². The molecule has 2 aromatic carbocycles. The van der Waals surface area contributed by atoms with Crippen molar-refractivity contribution < 1.29 is 9.66 Å². The molecule has 0 amide bonds. The molecule has 0 unspecified atom stereocenters. The van der Waals surface area contributed by atoms with Crippen LogP contribution in [0.2, 0.25) is 0 Å². The normalized spacial score (nSPS) is 10.2. The number of hydrogen-bond acceptors (Lipinski definition) is 6. The Hall–Kier alpha value is -3.92. The third-order valence-corrected chi connectivity index (χ3v) is 3.93. The maximum atomic E-state index is 10.8. The van der Waals surface area contributed by atoms with Crippen LogP contribution in [0, 0.1) is 21.4 Å². The smallest absolute Gasteiger partial charge is 0.269 e. The second-order valence-corrected chi connectivity index (χ2v) is 5.43. The van der Waals surface area contributed by atoms with E-state index in [1.807, 2.05) is 18.2 Å². The van der Waals surface area contributed by atoms with Crippen molar-refractivity contribution in [1.82, 2.24) is 4.98 Å². The van der Waals surface area contributed by atoms with Gasteiger partial charge in [-0.05, 0) is 35.9 Å². The molecule has 3 rings (SSSR count). The first-order valence-corrected chi connectivity index (χ1v) is 7.64. The molecule has 1 aromatic heterocycles. The van der Waals surface area contributed by atoms with Crippen LogP contribution in [0.1, 0.15) is 5.56 Å². The van der Waals surface area contributed by atoms with Crippen LogP contribution in [-0.4, -0.2) is 17.0 Å². The molecular formula is C19H14N4O3. The average molecular weight is 346 g/mol. The average Bonchev–Trinajstić information content (AvgIpc) is 2.67. The lowest BCUT2D eigenvalue weighted by molar-refractivity contribution is -0.384. The number of pyridine rings is 1. The van der Waals surface area contributed by atoms with E-state index in [0.717, 1.165) is 5.56 Å². The minimum Gasteiger partial charge on any atom is -0.496 e. The minimum absolute atomic E-state index is 0.0285. The molecule has 0 bridgehead atoms. The quantitative estimate of drug-likeness (QED) is 0.567. The Bertz CT molecular complexity index is 1020. The number of rotatable bonds is 4. The summed E-state index contributed by atoms with van der Waals surface area (Å²) in [5, 5.41) is 20.3. The van der Waals surface area contributed by atoms with Crippen molar-refractivity contribution in [3.63, 3.8) is 0 Å². The van der Waals surface area contributed by atoms with Crippen molar-refractivity contribution >= 4 is 11.5 Å². The lowest BCUT2D eigenvalue weighted by atomic mass is 9.98. The standard InChI is InChI=1S/C19H14N4O3/c1-26-18-5-3-2-4-14(18)17-10-15(16(11-20)19(21)22-17)12-6-8-13(9-7-12)23(24)25/h2-10H,1H3,(H2,21,22). The summed E-state index contributed by atoms with van der Waals surface area (Å²) >= 11 is 0. The van der Waals surface area contributed by atoms with Crippen LogP contribution in [0.3, 0.4) is 0 Å². The highest BCUT2D eigenvalue weighted by atomic mass is 16.6. The highest BCUT2D eigenvalue weighted by Gasteiger charge is 2.16. The zero-order valence-electron chi connectivity index (χ0n) is 13.8. The van der Waals surface area contributed by atoms with Gasteiger partial charge in [0.25, 0.3) is 5.69 Å². The number of aromatic nitrogens is 1. The Kier molecular flexibility index (Phi) is 4.50. The Balaban J connectivity index is 2.20. The Morgan fingerprint density at radius 3 is 2.46 bits per heavy atom. The first-order valence-electron chi connectivity index (χ1n) is 7.64. The molecule has 26 heavy (non-hydrogen) atoms. The lowest BCUT2D eigenvalue weighted by Gasteiger charge is -2.12. The molecule has 0 aliphatic heterocycles. The van der Waals surface area contributed by atoms with E-state index in [0.29, 0.717) is 22.6 Å².